The summed E-state index contributed by atoms with van der Waals surface area (Å²) < 4.78 is 11.8. The van der Waals surface area contributed by atoms with Crippen LogP contribution in [0, 0.1) is 0 Å². The van der Waals surface area contributed by atoms with Crippen LogP contribution >= 0.6 is 0 Å². The maximum absolute atomic E-state index is 11.0. The van der Waals surface area contributed by atoms with Crippen molar-refractivity contribution in [3.05, 3.63) is 102 Å². The fourth-order valence-corrected chi connectivity index (χ4v) is 3.19. The van der Waals surface area contributed by atoms with E-state index in [1.54, 1.807) is 0 Å². The third-order valence-electron chi connectivity index (χ3n) is 4.70. The van der Waals surface area contributed by atoms with Crippen LogP contribution in [0.1, 0.15) is 16.8 Å². The van der Waals surface area contributed by atoms with Crippen molar-refractivity contribution in [2.75, 3.05) is 0 Å². The molecule has 0 aliphatic rings. The van der Waals surface area contributed by atoms with Gasteiger partial charge in [0.1, 0.15) is 24.7 Å². The lowest BCUT2D eigenvalue weighted by Crippen LogP contribution is -2.06. The molecule has 0 fully saturated rings. The molecule has 0 atom stereocenters. The van der Waals surface area contributed by atoms with E-state index in [2.05, 4.69) is 4.98 Å². The Morgan fingerprint density at radius 3 is 2.27 bits per heavy atom. The standard InChI is InChI=1S/C25H21NO4/c27-25(28)14-19-7-1-2-8-20(19)16-29-22-9-5-10-23(15-22)30-17-21-13-12-18-6-3-4-11-24(18)26-21/h1-13,15H,14,16-17H2,(H,27,28). The van der Waals surface area contributed by atoms with Crippen molar-refractivity contribution in [2.45, 2.75) is 19.6 Å². The molecule has 5 heteroatoms. The summed E-state index contributed by atoms with van der Waals surface area (Å²) >= 11 is 0. The van der Waals surface area contributed by atoms with Crippen LogP contribution in [0.2, 0.25) is 0 Å². The molecule has 0 aliphatic heterocycles. The van der Waals surface area contributed by atoms with Crippen molar-refractivity contribution < 1.29 is 19.4 Å². The van der Waals surface area contributed by atoms with Gasteiger partial charge in [0.15, 0.2) is 0 Å². The average Bonchev–Trinajstić information content (AvgIpc) is 2.77. The van der Waals surface area contributed by atoms with E-state index in [0.29, 0.717) is 24.7 Å². The number of aromatic nitrogens is 1. The summed E-state index contributed by atoms with van der Waals surface area (Å²) in [4.78, 5) is 15.7. The number of ether oxygens (including phenoxy) is 2. The van der Waals surface area contributed by atoms with Gasteiger partial charge in [-0.1, -0.05) is 54.6 Å². The van der Waals surface area contributed by atoms with Gasteiger partial charge < -0.3 is 14.6 Å². The van der Waals surface area contributed by atoms with Crippen LogP contribution in [0.5, 0.6) is 11.5 Å². The maximum atomic E-state index is 11.0. The number of carboxylic acid groups (broad SMARTS) is 1. The number of para-hydroxylation sites is 1. The second-order valence-corrected chi connectivity index (χ2v) is 6.89. The third-order valence-corrected chi connectivity index (χ3v) is 4.70. The molecular formula is C25H21NO4. The molecule has 3 aromatic carbocycles. The number of fused-ring (bicyclic) bond motifs is 1. The topological polar surface area (TPSA) is 68.7 Å². The van der Waals surface area contributed by atoms with Gasteiger partial charge in [0.05, 0.1) is 17.6 Å². The molecule has 0 amide bonds. The minimum absolute atomic E-state index is 0.0263. The number of benzene rings is 3. The number of pyridine rings is 1. The molecule has 0 radical (unpaired) electrons. The summed E-state index contributed by atoms with van der Waals surface area (Å²) in [5.74, 6) is 0.477. The lowest BCUT2D eigenvalue weighted by Gasteiger charge is -2.12. The average molecular weight is 399 g/mol. The fourth-order valence-electron chi connectivity index (χ4n) is 3.19. The largest absolute Gasteiger partial charge is 0.489 e. The Hall–Kier alpha value is -3.86. The van der Waals surface area contributed by atoms with Gasteiger partial charge in [-0.05, 0) is 35.4 Å². The molecule has 30 heavy (non-hydrogen) atoms. The number of aliphatic carboxylic acids is 1. The quantitative estimate of drug-likeness (QED) is 0.451. The summed E-state index contributed by atoms with van der Waals surface area (Å²) in [5.41, 5.74) is 3.39. The van der Waals surface area contributed by atoms with E-state index in [-0.39, 0.29) is 6.42 Å². The highest BCUT2D eigenvalue weighted by molar-refractivity contribution is 5.78. The van der Waals surface area contributed by atoms with E-state index in [1.165, 1.54) is 0 Å². The van der Waals surface area contributed by atoms with Gasteiger partial charge in [0, 0.05) is 11.5 Å². The van der Waals surface area contributed by atoms with E-state index in [9.17, 15) is 4.79 Å². The first kappa shape index (κ1) is 19.5. The smallest absolute Gasteiger partial charge is 0.307 e. The van der Waals surface area contributed by atoms with Crippen molar-refractivity contribution >= 4 is 16.9 Å². The molecule has 0 unspecified atom stereocenters. The first-order valence-electron chi connectivity index (χ1n) is 9.66. The molecule has 0 saturated carbocycles. The lowest BCUT2D eigenvalue weighted by atomic mass is 10.1. The van der Waals surface area contributed by atoms with Crippen LogP contribution in [0.3, 0.4) is 0 Å². The predicted molar refractivity (Wildman–Crippen MR) is 115 cm³/mol. The van der Waals surface area contributed by atoms with Gasteiger partial charge in [0.25, 0.3) is 0 Å². The zero-order chi connectivity index (χ0) is 20.8. The SMILES string of the molecule is O=C(O)Cc1ccccc1COc1cccc(OCc2ccc3ccccc3n2)c1. The van der Waals surface area contributed by atoms with Gasteiger partial charge in [-0.2, -0.15) is 0 Å². The molecule has 150 valence electrons. The molecule has 5 nitrogen and oxygen atoms in total. The molecule has 0 aliphatic carbocycles. The maximum Gasteiger partial charge on any atom is 0.307 e. The number of nitrogens with zero attached hydrogens (tertiary/aromatic N) is 1. The van der Waals surface area contributed by atoms with Crippen LogP contribution in [-0.4, -0.2) is 16.1 Å². The van der Waals surface area contributed by atoms with Crippen LogP contribution in [0.25, 0.3) is 10.9 Å². The highest BCUT2D eigenvalue weighted by Crippen LogP contribution is 2.22. The molecule has 0 bridgehead atoms. The Labute approximate surface area is 174 Å². The summed E-state index contributed by atoms with van der Waals surface area (Å²) in [7, 11) is 0. The molecule has 0 saturated heterocycles. The number of hydrogen-bond acceptors (Lipinski definition) is 4. The predicted octanol–water partition coefficient (Wildman–Crippen LogP) is 5.02. The van der Waals surface area contributed by atoms with Gasteiger partial charge in [-0.3, -0.25) is 4.79 Å². The minimum atomic E-state index is -0.861. The van der Waals surface area contributed by atoms with E-state index in [0.717, 1.165) is 27.7 Å². The van der Waals surface area contributed by atoms with Crippen molar-refractivity contribution in [1.29, 1.82) is 0 Å². The summed E-state index contributed by atoms with van der Waals surface area (Å²) in [6, 6.07) is 26.8. The zero-order valence-electron chi connectivity index (χ0n) is 16.3. The van der Waals surface area contributed by atoms with Gasteiger partial charge in [-0.15, -0.1) is 0 Å². The first-order valence-corrected chi connectivity index (χ1v) is 9.66. The number of hydrogen-bond donors (Lipinski definition) is 1. The molecule has 1 heterocycles. The van der Waals surface area contributed by atoms with Crippen molar-refractivity contribution in [1.82, 2.24) is 4.98 Å². The van der Waals surface area contributed by atoms with Crippen LogP contribution in [0.4, 0.5) is 0 Å². The first-order chi connectivity index (χ1) is 14.7. The van der Waals surface area contributed by atoms with Crippen LogP contribution in [0.15, 0.2) is 84.9 Å². The summed E-state index contributed by atoms with van der Waals surface area (Å²) in [5, 5.41) is 10.2. The second kappa shape index (κ2) is 9.09. The molecule has 0 spiro atoms. The Morgan fingerprint density at radius 2 is 1.47 bits per heavy atom. The van der Waals surface area contributed by atoms with Crippen LogP contribution < -0.4 is 9.47 Å². The van der Waals surface area contributed by atoms with E-state index in [1.807, 2.05) is 84.9 Å². The third kappa shape index (κ3) is 4.94. The van der Waals surface area contributed by atoms with Crippen LogP contribution in [-0.2, 0) is 24.4 Å². The monoisotopic (exact) mass is 399 g/mol. The Kier molecular flexibility index (Phi) is 5.90. The Morgan fingerprint density at radius 1 is 0.767 bits per heavy atom. The molecule has 4 aromatic rings. The summed E-state index contributed by atoms with van der Waals surface area (Å²) in [6.45, 7) is 0.648. The number of rotatable bonds is 8. The van der Waals surface area contributed by atoms with Crippen molar-refractivity contribution in [3.63, 3.8) is 0 Å². The molecule has 1 aromatic heterocycles. The Bertz CT molecular complexity index is 1170. The van der Waals surface area contributed by atoms with E-state index < -0.39 is 5.97 Å². The van der Waals surface area contributed by atoms with Gasteiger partial charge in [0.2, 0.25) is 0 Å². The highest BCUT2D eigenvalue weighted by atomic mass is 16.5. The highest BCUT2D eigenvalue weighted by Gasteiger charge is 2.07. The zero-order valence-corrected chi connectivity index (χ0v) is 16.3. The van der Waals surface area contributed by atoms with E-state index in [4.69, 9.17) is 14.6 Å². The summed E-state index contributed by atoms with van der Waals surface area (Å²) in [6.07, 6.45) is -0.0263. The fraction of sp³-hybridized carbons (Fsp3) is 0.120. The lowest BCUT2D eigenvalue weighted by molar-refractivity contribution is -0.136. The van der Waals surface area contributed by atoms with Crippen molar-refractivity contribution in [3.8, 4) is 11.5 Å². The molecule has 1 N–H and O–H groups in total. The van der Waals surface area contributed by atoms with Gasteiger partial charge in [-0.25, -0.2) is 4.98 Å². The minimum Gasteiger partial charge on any atom is -0.489 e. The van der Waals surface area contributed by atoms with E-state index >= 15 is 0 Å². The normalized spacial score (nSPS) is 10.7. The molecular weight excluding hydrogens is 378 g/mol. The van der Waals surface area contributed by atoms with Crippen molar-refractivity contribution in [2.24, 2.45) is 0 Å². The second-order valence-electron chi connectivity index (χ2n) is 6.89. The molecule has 4 rings (SSSR count). The number of carbonyl (C=O) groups is 1. The number of carboxylic acids is 1. The van der Waals surface area contributed by atoms with Gasteiger partial charge >= 0.3 is 5.97 Å². The Balaban J connectivity index is 1.40.